The Hall–Kier alpha value is -3.58. The Bertz CT molecular complexity index is 1130. The lowest BCUT2D eigenvalue weighted by molar-refractivity contribution is -0.150. The molecule has 5 N–H and O–H groups in total. The standard InChI is InChI=1S/C19H17N5O6S2/c20-19-21-11(8-32-19)12(23-29)15(25)22-13-16(26)24-14(18(27)28)9(7-31-17(13)24)6-30-10-4-2-1-3-5-10/h1-5,8,13,17,29H,6-7H2,(H2,20,21)(H,22,25)(H,27,28)/t13?,17-/m0/s1. The van der Waals surface area contributed by atoms with E-state index in [2.05, 4.69) is 15.5 Å². The van der Waals surface area contributed by atoms with Gasteiger partial charge in [-0.05, 0) is 12.1 Å². The first kappa shape index (κ1) is 21.6. The van der Waals surface area contributed by atoms with Crippen molar-refractivity contribution < 1.29 is 29.4 Å². The van der Waals surface area contributed by atoms with Crippen LogP contribution in [0.25, 0.3) is 0 Å². The number of nitrogen functional groups attached to an aromatic ring is 1. The van der Waals surface area contributed by atoms with E-state index < -0.39 is 34.9 Å². The molecule has 166 valence electrons. The van der Waals surface area contributed by atoms with Crippen LogP contribution in [-0.2, 0) is 14.4 Å². The third kappa shape index (κ3) is 3.99. The highest BCUT2D eigenvalue weighted by Gasteiger charge is 2.54. The molecule has 2 aliphatic heterocycles. The molecule has 4 rings (SSSR count). The maximum Gasteiger partial charge on any atom is 0.352 e. The quantitative estimate of drug-likeness (QED) is 0.195. The summed E-state index contributed by atoms with van der Waals surface area (Å²) in [6.45, 7) is 0.0126. The van der Waals surface area contributed by atoms with E-state index in [1.165, 1.54) is 17.1 Å². The zero-order chi connectivity index (χ0) is 22.8. The van der Waals surface area contributed by atoms with Crippen LogP contribution in [0.3, 0.4) is 0 Å². The predicted octanol–water partition coefficient (Wildman–Crippen LogP) is 0.721. The average Bonchev–Trinajstić information content (AvgIpc) is 3.22. The van der Waals surface area contributed by atoms with Gasteiger partial charge in [-0.1, -0.05) is 23.4 Å². The van der Waals surface area contributed by atoms with Crippen molar-refractivity contribution in [1.29, 1.82) is 0 Å². The van der Waals surface area contributed by atoms with E-state index in [1.807, 2.05) is 6.07 Å². The molecule has 0 saturated carbocycles. The number of β-lactam (4-membered cyclic amide) rings is 1. The van der Waals surface area contributed by atoms with Crippen molar-refractivity contribution in [2.45, 2.75) is 11.4 Å². The number of benzene rings is 1. The van der Waals surface area contributed by atoms with Gasteiger partial charge in [-0.25, -0.2) is 9.78 Å². The Balaban J connectivity index is 1.48. The third-order valence-corrected chi connectivity index (χ3v) is 6.79. The maximum atomic E-state index is 12.7. The number of hydrogen-bond donors (Lipinski definition) is 4. The number of aliphatic carboxylic acids is 1. The van der Waals surface area contributed by atoms with Crippen LogP contribution in [0.5, 0.6) is 5.75 Å². The number of fused-ring (bicyclic) bond motifs is 1. The summed E-state index contributed by atoms with van der Waals surface area (Å²) in [6.07, 6.45) is 0. The second-order valence-corrected chi connectivity index (χ2v) is 8.73. The zero-order valence-corrected chi connectivity index (χ0v) is 17.9. The molecular formula is C19H17N5O6S2. The largest absolute Gasteiger partial charge is 0.489 e. The fourth-order valence-electron chi connectivity index (χ4n) is 3.30. The summed E-state index contributed by atoms with van der Waals surface area (Å²) in [4.78, 5) is 42.2. The summed E-state index contributed by atoms with van der Waals surface area (Å²) in [5.41, 5.74) is 5.52. The number of nitrogens with zero attached hydrogens (tertiary/aromatic N) is 3. The topological polar surface area (TPSA) is 167 Å². The van der Waals surface area contributed by atoms with Gasteiger partial charge < -0.3 is 26.1 Å². The van der Waals surface area contributed by atoms with Gasteiger partial charge in [0.25, 0.3) is 11.8 Å². The lowest BCUT2D eigenvalue weighted by atomic mass is 10.0. The average molecular weight is 476 g/mol. The molecule has 1 saturated heterocycles. The lowest BCUT2D eigenvalue weighted by Crippen LogP contribution is -2.71. The molecule has 3 heterocycles. The molecule has 1 aromatic heterocycles. The minimum absolute atomic E-state index is 0.0126. The van der Waals surface area contributed by atoms with E-state index >= 15 is 0 Å². The summed E-state index contributed by atoms with van der Waals surface area (Å²) in [7, 11) is 0. The number of rotatable bonds is 7. The summed E-state index contributed by atoms with van der Waals surface area (Å²) in [5, 5.41) is 25.4. The molecule has 1 unspecified atom stereocenters. The van der Waals surface area contributed by atoms with Crippen molar-refractivity contribution in [2.24, 2.45) is 5.16 Å². The number of thiazole rings is 1. The lowest BCUT2D eigenvalue weighted by Gasteiger charge is -2.49. The van der Waals surface area contributed by atoms with Crippen molar-refractivity contribution in [2.75, 3.05) is 18.1 Å². The first-order valence-corrected chi connectivity index (χ1v) is 11.2. The number of hydrogen-bond acceptors (Lipinski definition) is 10. The highest BCUT2D eigenvalue weighted by atomic mass is 32.2. The predicted molar refractivity (Wildman–Crippen MR) is 116 cm³/mol. The van der Waals surface area contributed by atoms with Crippen LogP contribution in [0.2, 0.25) is 0 Å². The Morgan fingerprint density at radius 3 is 2.72 bits per heavy atom. The highest BCUT2D eigenvalue weighted by Crippen LogP contribution is 2.40. The van der Waals surface area contributed by atoms with E-state index in [-0.39, 0.29) is 23.1 Å². The van der Waals surface area contributed by atoms with Crippen LogP contribution in [-0.4, -0.2) is 67.5 Å². The number of thioether (sulfide) groups is 1. The molecule has 0 aliphatic carbocycles. The monoisotopic (exact) mass is 475 g/mol. The van der Waals surface area contributed by atoms with Crippen molar-refractivity contribution >= 4 is 51.7 Å². The van der Waals surface area contributed by atoms with Gasteiger partial charge in [0.05, 0.1) is 0 Å². The van der Waals surface area contributed by atoms with Gasteiger partial charge in [0.1, 0.15) is 35.2 Å². The molecular weight excluding hydrogens is 458 g/mol. The van der Waals surface area contributed by atoms with Crippen molar-refractivity contribution in [1.82, 2.24) is 15.2 Å². The van der Waals surface area contributed by atoms with Crippen molar-refractivity contribution in [3.8, 4) is 5.75 Å². The van der Waals surface area contributed by atoms with Gasteiger partial charge in [0.2, 0.25) is 0 Å². The number of amides is 2. The first-order chi connectivity index (χ1) is 15.4. The van der Waals surface area contributed by atoms with Crippen LogP contribution in [0.4, 0.5) is 5.13 Å². The van der Waals surface area contributed by atoms with Crippen LogP contribution in [0, 0.1) is 0 Å². The molecule has 2 amide bonds. The van der Waals surface area contributed by atoms with E-state index in [1.54, 1.807) is 24.3 Å². The number of anilines is 1. The molecule has 1 aromatic carbocycles. The SMILES string of the molecule is Nc1nc(C(=NO)C(=O)NC2C(=O)N3C(C(=O)O)=C(COc4ccccc4)CS[C@@H]23)cs1. The zero-order valence-electron chi connectivity index (χ0n) is 16.3. The number of nitrogens with two attached hydrogens (primary N) is 1. The maximum absolute atomic E-state index is 12.7. The minimum atomic E-state index is -1.25. The van der Waals surface area contributed by atoms with E-state index in [4.69, 9.17) is 10.5 Å². The van der Waals surface area contributed by atoms with Gasteiger partial charge in [-0.15, -0.1) is 23.1 Å². The summed E-state index contributed by atoms with van der Waals surface area (Å²) in [6, 6.07) is 7.94. The smallest absolute Gasteiger partial charge is 0.352 e. The van der Waals surface area contributed by atoms with Gasteiger partial charge in [-0.3, -0.25) is 14.5 Å². The number of para-hydroxylation sites is 1. The van der Waals surface area contributed by atoms with Crippen LogP contribution in [0.1, 0.15) is 5.69 Å². The minimum Gasteiger partial charge on any atom is -0.489 e. The third-order valence-electron chi connectivity index (χ3n) is 4.77. The van der Waals surface area contributed by atoms with Crippen LogP contribution in [0.15, 0.2) is 52.1 Å². The normalized spacial score (nSPS) is 20.4. The van der Waals surface area contributed by atoms with E-state index in [0.717, 1.165) is 16.2 Å². The fourth-order valence-corrected chi connectivity index (χ4v) is 5.18. The Kier molecular flexibility index (Phi) is 6.01. The van der Waals surface area contributed by atoms with Gasteiger partial charge in [0.15, 0.2) is 10.8 Å². The molecule has 0 bridgehead atoms. The molecule has 2 aromatic rings. The molecule has 0 radical (unpaired) electrons. The second-order valence-electron chi connectivity index (χ2n) is 6.74. The number of carbonyl (C=O) groups excluding carboxylic acids is 2. The number of nitrogens with one attached hydrogen (secondary N) is 1. The molecule has 2 atom stereocenters. The van der Waals surface area contributed by atoms with E-state index in [9.17, 15) is 24.7 Å². The van der Waals surface area contributed by atoms with E-state index in [0.29, 0.717) is 17.1 Å². The fraction of sp³-hybridized carbons (Fsp3) is 0.211. The van der Waals surface area contributed by atoms with Crippen LogP contribution < -0.4 is 15.8 Å². The summed E-state index contributed by atoms with van der Waals surface area (Å²) in [5.74, 6) is -1.78. The molecule has 0 spiro atoms. The summed E-state index contributed by atoms with van der Waals surface area (Å²) >= 11 is 2.37. The number of aromatic nitrogens is 1. The van der Waals surface area contributed by atoms with Crippen molar-refractivity contribution in [3.63, 3.8) is 0 Å². The van der Waals surface area contributed by atoms with Gasteiger partial charge in [-0.2, -0.15) is 0 Å². The second kappa shape index (κ2) is 8.88. The first-order valence-electron chi connectivity index (χ1n) is 9.23. The molecule has 13 heteroatoms. The molecule has 2 aliphatic rings. The molecule has 11 nitrogen and oxygen atoms in total. The number of carboxylic acids is 1. The van der Waals surface area contributed by atoms with Gasteiger partial charge >= 0.3 is 5.97 Å². The number of ether oxygens (including phenoxy) is 1. The molecule has 1 fully saturated rings. The summed E-state index contributed by atoms with van der Waals surface area (Å²) < 4.78 is 5.66. The van der Waals surface area contributed by atoms with Crippen molar-refractivity contribution in [3.05, 3.63) is 52.7 Å². The van der Waals surface area contributed by atoms with Gasteiger partial charge in [0, 0.05) is 16.7 Å². The number of carboxylic acid groups (broad SMARTS) is 1. The molecule has 32 heavy (non-hydrogen) atoms. The Morgan fingerprint density at radius 1 is 1.34 bits per heavy atom. The Morgan fingerprint density at radius 2 is 2.09 bits per heavy atom. The number of oxime groups is 1. The number of carbonyl (C=O) groups is 3. The van der Waals surface area contributed by atoms with Crippen LogP contribution >= 0.6 is 23.1 Å². The Labute approximate surface area is 189 Å². The highest BCUT2D eigenvalue weighted by molar-refractivity contribution is 8.00.